The molecule has 48 valence electrons. The minimum Gasteiger partial charge on any atom is -0.457 e. The topological polar surface area (TPSA) is 44.3 Å². The van der Waals surface area contributed by atoms with Crippen molar-refractivity contribution in [2.75, 3.05) is 0 Å². The summed E-state index contributed by atoms with van der Waals surface area (Å²) in [4.78, 5) is 0. The fraction of sp³-hybridized carbons (Fsp3) is 0.167. The van der Waals surface area contributed by atoms with E-state index < -0.39 is 0 Å². The SMILES string of the molecule is Cc1ccc[n+](O)c1O. The monoisotopic (exact) mass is 126 g/mol. The van der Waals surface area contributed by atoms with E-state index in [4.69, 9.17) is 10.3 Å². The van der Waals surface area contributed by atoms with Gasteiger partial charge in [-0.3, -0.25) is 5.21 Å². The zero-order valence-corrected chi connectivity index (χ0v) is 5.07. The third-order valence-electron chi connectivity index (χ3n) is 1.14. The van der Waals surface area contributed by atoms with Gasteiger partial charge in [0.2, 0.25) is 6.20 Å². The standard InChI is InChI=1S/C6H7NO2/c1-5-3-2-4-7(9)6(5)8/h2-4,9H,1H3/p+1. The second kappa shape index (κ2) is 1.93. The van der Waals surface area contributed by atoms with E-state index in [2.05, 4.69) is 0 Å². The molecule has 0 fully saturated rings. The third-order valence-corrected chi connectivity index (χ3v) is 1.14. The number of hydrogen-bond donors (Lipinski definition) is 2. The fourth-order valence-electron chi connectivity index (χ4n) is 0.595. The summed E-state index contributed by atoms with van der Waals surface area (Å²) < 4.78 is 0.676. The molecule has 0 saturated carbocycles. The third kappa shape index (κ3) is 0.937. The van der Waals surface area contributed by atoms with Crippen LogP contribution in [0.2, 0.25) is 0 Å². The molecule has 1 rings (SSSR count). The highest BCUT2D eigenvalue weighted by Crippen LogP contribution is 2.05. The molecule has 0 aliphatic heterocycles. The van der Waals surface area contributed by atoms with Crippen molar-refractivity contribution in [2.45, 2.75) is 6.92 Å². The number of aryl methyl sites for hydroxylation is 1. The Hall–Kier alpha value is -1.25. The van der Waals surface area contributed by atoms with Crippen LogP contribution in [-0.2, 0) is 0 Å². The Morgan fingerprint density at radius 1 is 1.56 bits per heavy atom. The van der Waals surface area contributed by atoms with Crippen LogP contribution in [0.25, 0.3) is 0 Å². The van der Waals surface area contributed by atoms with Crippen LogP contribution in [-0.4, -0.2) is 10.3 Å². The first-order valence-electron chi connectivity index (χ1n) is 2.61. The molecule has 0 unspecified atom stereocenters. The van der Waals surface area contributed by atoms with Crippen molar-refractivity contribution in [1.82, 2.24) is 0 Å². The lowest BCUT2D eigenvalue weighted by atomic mass is 10.3. The van der Waals surface area contributed by atoms with E-state index in [1.54, 1.807) is 19.1 Å². The second-order valence-electron chi connectivity index (χ2n) is 1.86. The van der Waals surface area contributed by atoms with E-state index in [1.165, 1.54) is 6.20 Å². The quantitative estimate of drug-likeness (QED) is 0.386. The molecule has 0 aliphatic rings. The molecule has 0 amide bonds. The summed E-state index contributed by atoms with van der Waals surface area (Å²) in [6.45, 7) is 1.71. The van der Waals surface area contributed by atoms with Crippen molar-refractivity contribution in [1.29, 1.82) is 0 Å². The molecule has 0 atom stereocenters. The molecule has 3 heteroatoms. The Morgan fingerprint density at radius 2 is 2.22 bits per heavy atom. The van der Waals surface area contributed by atoms with Crippen molar-refractivity contribution >= 4 is 0 Å². The molecule has 3 nitrogen and oxygen atoms in total. The highest BCUT2D eigenvalue weighted by Gasteiger charge is 2.07. The lowest BCUT2D eigenvalue weighted by molar-refractivity contribution is -0.907. The molecule has 0 aliphatic carbocycles. The van der Waals surface area contributed by atoms with Crippen molar-refractivity contribution in [3.05, 3.63) is 23.9 Å². The molecular weight excluding hydrogens is 118 g/mol. The van der Waals surface area contributed by atoms with Gasteiger partial charge >= 0.3 is 5.88 Å². The predicted molar refractivity (Wildman–Crippen MR) is 30.2 cm³/mol. The lowest BCUT2D eigenvalue weighted by Gasteiger charge is -1.88. The van der Waals surface area contributed by atoms with Gasteiger partial charge in [-0.2, -0.15) is 0 Å². The van der Waals surface area contributed by atoms with Crippen LogP contribution in [0.3, 0.4) is 0 Å². The molecule has 0 bridgehead atoms. The van der Waals surface area contributed by atoms with Gasteiger partial charge in [-0.15, -0.1) is 0 Å². The number of aromatic nitrogens is 1. The Kier molecular flexibility index (Phi) is 1.26. The van der Waals surface area contributed by atoms with E-state index in [0.29, 0.717) is 10.3 Å². The molecule has 0 spiro atoms. The zero-order chi connectivity index (χ0) is 6.85. The van der Waals surface area contributed by atoms with Gasteiger partial charge in [-0.1, -0.05) is 0 Å². The summed E-state index contributed by atoms with van der Waals surface area (Å²) in [5.74, 6) is -0.113. The summed E-state index contributed by atoms with van der Waals surface area (Å²) in [7, 11) is 0. The summed E-state index contributed by atoms with van der Waals surface area (Å²) in [6, 6.07) is 3.36. The minimum absolute atomic E-state index is 0.113. The second-order valence-corrected chi connectivity index (χ2v) is 1.86. The average molecular weight is 126 g/mol. The summed E-state index contributed by atoms with van der Waals surface area (Å²) in [6.07, 6.45) is 1.36. The van der Waals surface area contributed by atoms with Crippen molar-refractivity contribution in [3.8, 4) is 5.88 Å². The Balaban J connectivity index is 3.25. The Labute approximate surface area is 52.8 Å². The van der Waals surface area contributed by atoms with E-state index >= 15 is 0 Å². The summed E-state index contributed by atoms with van der Waals surface area (Å²) in [5, 5.41) is 17.7. The van der Waals surface area contributed by atoms with Gasteiger partial charge in [0.05, 0.1) is 5.56 Å². The van der Waals surface area contributed by atoms with E-state index in [9.17, 15) is 0 Å². The van der Waals surface area contributed by atoms with Crippen LogP contribution < -0.4 is 4.73 Å². The molecule has 1 heterocycles. The minimum atomic E-state index is -0.113. The van der Waals surface area contributed by atoms with E-state index in [1.807, 2.05) is 0 Å². The summed E-state index contributed by atoms with van der Waals surface area (Å²) in [5.41, 5.74) is 0.653. The molecule has 1 aromatic heterocycles. The number of pyridine rings is 1. The van der Waals surface area contributed by atoms with Crippen LogP contribution >= 0.6 is 0 Å². The van der Waals surface area contributed by atoms with Gasteiger partial charge in [0, 0.05) is 10.8 Å². The first-order valence-corrected chi connectivity index (χ1v) is 2.61. The van der Waals surface area contributed by atoms with Crippen molar-refractivity contribution < 1.29 is 15.0 Å². The number of rotatable bonds is 0. The first kappa shape index (κ1) is 5.88. The van der Waals surface area contributed by atoms with Crippen LogP contribution in [0.4, 0.5) is 0 Å². The maximum absolute atomic E-state index is 8.92. The van der Waals surface area contributed by atoms with Crippen LogP contribution in [0.5, 0.6) is 5.88 Å². The van der Waals surface area contributed by atoms with Gasteiger partial charge in [-0.05, 0) is 13.0 Å². The smallest absolute Gasteiger partial charge is 0.417 e. The normalized spacial score (nSPS) is 9.44. The molecular formula is C6H8NO2+. The fourth-order valence-corrected chi connectivity index (χ4v) is 0.595. The first-order chi connectivity index (χ1) is 4.22. The van der Waals surface area contributed by atoms with Gasteiger partial charge in [0.25, 0.3) is 0 Å². The largest absolute Gasteiger partial charge is 0.457 e. The zero-order valence-electron chi connectivity index (χ0n) is 5.07. The van der Waals surface area contributed by atoms with Gasteiger partial charge in [0.1, 0.15) is 0 Å². The molecule has 1 aromatic rings. The Bertz CT molecular complexity index is 202. The maximum Gasteiger partial charge on any atom is 0.417 e. The number of hydrogen-bond acceptors (Lipinski definition) is 2. The van der Waals surface area contributed by atoms with Crippen LogP contribution in [0.15, 0.2) is 18.3 Å². The van der Waals surface area contributed by atoms with Crippen molar-refractivity contribution in [2.24, 2.45) is 0 Å². The van der Waals surface area contributed by atoms with Crippen LogP contribution in [0, 0.1) is 6.92 Å². The lowest BCUT2D eigenvalue weighted by Crippen LogP contribution is -2.29. The van der Waals surface area contributed by atoms with Crippen LogP contribution in [0.1, 0.15) is 5.56 Å². The predicted octanol–water partition coefficient (Wildman–Crippen LogP) is 0.225. The molecule has 0 aromatic carbocycles. The molecule has 0 saturated heterocycles. The molecule has 2 N–H and O–H groups in total. The van der Waals surface area contributed by atoms with E-state index in [-0.39, 0.29) is 5.88 Å². The van der Waals surface area contributed by atoms with Gasteiger partial charge in [0.15, 0.2) is 0 Å². The van der Waals surface area contributed by atoms with Gasteiger partial charge in [-0.25, -0.2) is 0 Å². The number of aromatic hydroxyl groups is 1. The maximum atomic E-state index is 8.92. The van der Waals surface area contributed by atoms with Gasteiger partial charge < -0.3 is 5.11 Å². The van der Waals surface area contributed by atoms with E-state index in [0.717, 1.165) is 0 Å². The Morgan fingerprint density at radius 3 is 2.67 bits per heavy atom. The highest BCUT2D eigenvalue weighted by atomic mass is 16.5. The average Bonchev–Trinajstić information content (AvgIpc) is 1.83. The molecule has 0 radical (unpaired) electrons. The highest BCUT2D eigenvalue weighted by molar-refractivity contribution is 5.16. The summed E-state index contributed by atoms with van der Waals surface area (Å²) >= 11 is 0. The number of nitrogens with zero attached hydrogens (tertiary/aromatic N) is 1. The van der Waals surface area contributed by atoms with Crippen molar-refractivity contribution in [3.63, 3.8) is 0 Å². The molecule has 9 heavy (non-hydrogen) atoms.